The Hall–Kier alpha value is -2.55. The second kappa shape index (κ2) is 9.51. The van der Waals surface area contributed by atoms with Crippen LogP contribution in [0.5, 0.6) is 0 Å². The summed E-state index contributed by atoms with van der Waals surface area (Å²) in [5.41, 5.74) is 1.84. The topological polar surface area (TPSA) is 67.4 Å². The summed E-state index contributed by atoms with van der Waals surface area (Å²) in [6.45, 7) is 5.57. The minimum absolute atomic E-state index is 0.130. The number of nitrogens with zero attached hydrogens (tertiary/aromatic N) is 3. The molecule has 0 bridgehead atoms. The zero-order chi connectivity index (χ0) is 20.9. The fourth-order valence-electron chi connectivity index (χ4n) is 3.28. The highest BCUT2D eigenvalue weighted by atomic mass is 32.2. The second-order valence-corrected chi connectivity index (χ2v) is 8.13. The number of hydrogen-bond donors (Lipinski definition) is 1. The lowest BCUT2D eigenvalue weighted by molar-refractivity contribution is -0.113. The van der Waals surface area contributed by atoms with Crippen LogP contribution >= 0.6 is 11.8 Å². The first-order valence-corrected chi connectivity index (χ1v) is 10.8. The van der Waals surface area contributed by atoms with Crippen LogP contribution in [0.3, 0.4) is 0 Å². The van der Waals surface area contributed by atoms with Gasteiger partial charge in [-0.3, -0.25) is 9.69 Å². The number of aromatic nitrogens is 2. The highest BCUT2D eigenvalue weighted by Gasteiger charge is 2.16. The number of hydrogen-bond acceptors (Lipinski definition) is 6. The van der Waals surface area contributed by atoms with Gasteiger partial charge in [-0.05, 0) is 30.7 Å². The first-order valence-electron chi connectivity index (χ1n) is 9.83. The summed E-state index contributed by atoms with van der Waals surface area (Å²) in [5.74, 6) is 0.141. The molecule has 2 heterocycles. The summed E-state index contributed by atoms with van der Waals surface area (Å²) in [5, 5.41) is 4.29. The number of fused-ring (bicyclic) bond motifs is 1. The molecular weight excluding hydrogens is 403 g/mol. The monoisotopic (exact) mass is 426 g/mol. The number of anilines is 1. The molecule has 0 radical (unpaired) electrons. The van der Waals surface area contributed by atoms with E-state index in [1.54, 1.807) is 19.1 Å². The van der Waals surface area contributed by atoms with Crippen molar-refractivity contribution in [1.29, 1.82) is 0 Å². The van der Waals surface area contributed by atoms with Crippen molar-refractivity contribution >= 4 is 34.3 Å². The predicted molar refractivity (Wildman–Crippen MR) is 116 cm³/mol. The van der Waals surface area contributed by atoms with Crippen molar-refractivity contribution in [3.05, 3.63) is 59.7 Å². The van der Waals surface area contributed by atoms with Gasteiger partial charge >= 0.3 is 0 Å². The number of amides is 1. The van der Waals surface area contributed by atoms with Crippen molar-refractivity contribution in [2.45, 2.75) is 18.5 Å². The molecule has 1 amide bonds. The number of para-hydroxylation sites is 1. The number of rotatable bonds is 6. The SMILES string of the molecule is Cc1ccc(NC(=O)CSc2nc(CN3CCOCC3)nc3ccccc23)c(F)c1. The highest BCUT2D eigenvalue weighted by Crippen LogP contribution is 2.26. The molecule has 0 aliphatic carbocycles. The summed E-state index contributed by atoms with van der Waals surface area (Å²) in [6.07, 6.45) is 0. The number of thioether (sulfide) groups is 1. The summed E-state index contributed by atoms with van der Waals surface area (Å²) in [7, 11) is 0. The van der Waals surface area contributed by atoms with Crippen LogP contribution in [0.4, 0.5) is 10.1 Å². The van der Waals surface area contributed by atoms with E-state index in [1.807, 2.05) is 24.3 Å². The van der Waals surface area contributed by atoms with Crippen LogP contribution in [-0.2, 0) is 16.1 Å². The van der Waals surface area contributed by atoms with E-state index < -0.39 is 5.82 Å². The van der Waals surface area contributed by atoms with Crippen molar-refractivity contribution in [2.24, 2.45) is 0 Å². The van der Waals surface area contributed by atoms with Crippen LogP contribution in [0.25, 0.3) is 10.9 Å². The van der Waals surface area contributed by atoms with Gasteiger partial charge in [0.2, 0.25) is 5.91 Å². The first-order chi connectivity index (χ1) is 14.6. The lowest BCUT2D eigenvalue weighted by Gasteiger charge is -2.25. The quantitative estimate of drug-likeness (QED) is 0.480. The second-order valence-electron chi connectivity index (χ2n) is 7.17. The average Bonchev–Trinajstić information content (AvgIpc) is 2.75. The van der Waals surface area contributed by atoms with Crippen molar-refractivity contribution in [2.75, 3.05) is 37.4 Å². The molecule has 1 saturated heterocycles. The van der Waals surface area contributed by atoms with Crippen LogP contribution in [0, 0.1) is 12.7 Å². The third kappa shape index (κ3) is 5.13. The molecule has 0 spiro atoms. The Morgan fingerprint density at radius 3 is 2.80 bits per heavy atom. The largest absolute Gasteiger partial charge is 0.379 e. The van der Waals surface area contributed by atoms with E-state index in [0.29, 0.717) is 19.8 Å². The molecule has 3 aromatic rings. The lowest BCUT2D eigenvalue weighted by atomic mass is 10.2. The molecule has 4 rings (SSSR count). The Kier molecular flexibility index (Phi) is 6.56. The van der Waals surface area contributed by atoms with Crippen LogP contribution < -0.4 is 5.32 Å². The molecule has 1 fully saturated rings. The third-order valence-corrected chi connectivity index (χ3v) is 5.81. The Balaban J connectivity index is 1.48. The summed E-state index contributed by atoms with van der Waals surface area (Å²) < 4.78 is 19.4. The van der Waals surface area contributed by atoms with E-state index in [4.69, 9.17) is 9.72 Å². The highest BCUT2D eigenvalue weighted by molar-refractivity contribution is 8.00. The molecular formula is C22H23FN4O2S. The molecule has 1 N–H and O–H groups in total. The normalized spacial score (nSPS) is 14.7. The molecule has 156 valence electrons. The number of halogens is 1. The molecule has 2 aromatic carbocycles. The third-order valence-electron chi connectivity index (χ3n) is 4.82. The van der Waals surface area contributed by atoms with E-state index in [1.165, 1.54) is 17.8 Å². The van der Waals surface area contributed by atoms with Gasteiger partial charge in [-0.25, -0.2) is 14.4 Å². The number of carbonyl (C=O) groups excluding carboxylic acids is 1. The molecule has 0 unspecified atom stereocenters. The maximum atomic E-state index is 14.0. The fourth-order valence-corrected chi connectivity index (χ4v) is 4.11. The molecule has 0 atom stereocenters. The van der Waals surface area contributed by atoms with Gasteiger partial charge in [-0.15, -0.1) is 0 Å². The van der Waals surface area contributed by atoms with Crippen LogP contribution in [0.1, 0.15) is 11.4 Å². The minimum atomic E-state index is -0.436. The number of ether oxygens (including phenoxy) is 1. The number of nitrogens with one attached hydrogen (secondary N) is 1. The zero-order valence-electron chi connectivity index (χ0n) is 16.7. The van der Waals surface area contributed by atoms with Gasteiger partial charge in [-0.2, -0.15) is 0 Å². The average molecular weight is 427 g/mol. The molecule has 1 aliphatic heterocycles. The first kappa shape index (κ1) is 20.7. The van der Waals surface area contributed by atoms with Gasteiger partial charge in [0, 0.05) is 18.5 Å². The van der Waals surface area contributed by atoms with Crippen molar-refractivity contribution in [3.63, 3.8) is 0 Å². The maximum absolute atomic E-state index is 14.0. The molecule has 1 aliphatic rings. The number of morpholine rings is 1. The molecule has 30 heavy (non-hydrogen) atoms. The minimum Gasteiger partial charge on any atom is -0.379 e. The van der Waals surface area contributed by atoms with E-state index in [-0.39, 0.29) is 17.3 Å². The smallest absolute Gasteiger partial charge is 0.234 e. The fraction of sp³-hybridized carbons (Fsp3) is 0.318. The van der Waals surface area contributed by atoms with Crippen molar-refractivity contribution in [1.82, 2.24) is 14.9 Å². The summed E-state index contributed by atoms with van der Waals surface area (Å²) in [4.78, 5) is 24.1. The Morgan fingerprint density at radius 2 is 2.00 bits per heavy atom. The van der Waals surface area contributed by atoms with Gasteiger partial charge in [0.25, 0.3) is 0 Å². The Bertz CT molecular complexity index is 1060. The van der Waals surface area contributed by atoms with Crippen molar-refractivity contribution in [3.8, 4) is 0 Å². The molecule has 6 nitrogen and oxygen atoms in total. The zero-order valence-corrected chi connectivity index (χ0v) is 17.5. The van der Waals surface area contributed by atoms with Crippen LogP contribution in [-0.4, -0.2) is 52.8 Å². The Morgan fingerprint density at radius 1 is 1.20 bits per heavy atom. The van der Waals surface area contributed by atoms with E-state index in [0.717, 1.165) is 40.4 Å². The van der Waals surface area contributed by atoms with Crippen LogP contribution in [0.2, 0.25) is 0 Å². The number of benzene rings is 2. The number of carbonyl (C=O) groups is 1. The Labute approximate surface area is 178 Å². The van der Waals surface area contributed by atoms with Gasteiger partial charge in [0.1, 0.15) is 16.7 Å². The number of aryl methyl sites for hydroxylation is 1. The summed E-state index contributed by atoms with van der Waals surface area (Å²) >= 11 is 1.33. The van der Waals surface area contributed by atoms with Crippen molar-refractivity contribution < 1.29 is 13.9 Å². The lowest BCUT2D eigenvalue weighted by Crippen LogP contribution is -2.36. The van der Waals surface area contributed by atoms with Crippen LogP contribution in [0.15, 0.2) is 47.5 Å². The van der Waals surface area contributed by atoms with E-state index in [2.05, 4.69) is 15.2 Å². The maximum Gasteiger partial charge on any atom is 0.234 e. The van der Waals surface area contributed by atoms with Gasteiger partial charge in [0.15, 0.2) is 0 Å². The standard InChI is InChI=1S/C22H23FN4O2S/c1-15-6-7-19(17(23)12-15)25-21(28)14-30-22-16-4-2-3-5-18(16)24-20(26-22)13-27-8-10-29-11-9-27/h2-7,12H,8-11,13-14H2,1H3,(H,25,28). The van der Waals surface area contributed by atoms with Gasteiger partial charge in [-0.1, -0.05) is 36.0 Å². The molecule has 8 heteroatoms. The van der Waals surface area contributed by atoms with Gasteiger partial charge in [0.05, 0.1) is 36.7 Å². The predicted octanol–water partition coefficient (Wildman–Crippen LogP) is 3.64. The van der Waals surface area contributed by atoms with Gasteiger partial charge < -0.3 is 10.1 Å². The summed E-state index contributed by atoms with van der Waals surface area (Å²) in [6, 6.07) is 12.5. The molecule has 1 aromatic heterocycles. The molecule has 0 saturated carbocycles. The van der Waals surface area contributed by atoms with E-state index in [9.17, 15) is 9.18 Å². The van der Waals surface area contributed by atoms with E-state index >= 15 is 0 Å².